The first-order valence-electron chi connectivity index (χ1n) is 8.12. The van der Waals surface area contributed by atoms with Crippen LogP contribution in [0.5, 0.6) is 0 Å². The van der Waals surface area contributed by atoms with Gasteiger partial charge in [0.1, 0.15) is 6.54 Å². The van der Waals surface area contributed by atoms with Gasteiger partial charge in [0.15, 0.2) is 0 Å². The third-order valence-corrected chi connectivity index (χ3v) is 4.24. The van der Waals surface area contributed by atoms with Crippen LogP contribution in [-0.4, -0.2) is 15.5 Å². The lowest BCUT2D eigenvalue weighted by Crippen LogP contribution is -2.27. The van der Waals surface area contributed by atoms with Crippen molar-refractivity contribution in [3.05, 3.63) is 81.4 Å². The minimum absolute atomic E-state index is 0.0972. The number of rotatable bonds is 4. The molecule has 1 N–H and O–H groups in total. The Morgan fingerprint density at radius 1 is 1.12 bits per heavy atom. The molecule has 0 saturated heterocycles. The van der Waals surface area contributed by atoms with E-state index in [0.717, 1.165) is 22.4 Å². The summed E-state index contributed by atoms with van der Waals surface area (Å²) in [5, 5.41) is 3.44. The molecule has 26 heavy (non-hydrogen) atoms. The topological polar surface area (TPSA) is 64.0 Å². The normalized spacial score (nSPS) is 10.6. The molecule has 0 atom stereocenters. The minimum Gasteiger partial charge on any atom is -0.324 e. The Labute approximate surface area is 156 Å². The van der Waals surface area contributed by atoms with E-state index < -0.39 is 0 Å². The number of nitrogens with one attached hydrogen (secondary N) is 1. The average molecular weight is 368 g/mol. The van der Waals surface area contributed by atoms with Crippen molar-refractivity contribution in [2.75, 3.05) is 5.32 Å². The molecule has 0 unspecified atom stereocenters. The lowest BCUT2D eigenvalue weighted by molar-refractivity contribution is -0.116. The fourth-order valence-corrected chi connectivity index (χ4v) is 2.75. The van der Waals surface area contributed by atoms with E-state index in [1.54, 1.807) is 24.3 Å². The zero-order valence-corrected chi connectivity index (χ0v) is 15.2. The zero-order valence-electron chi connectivity index (χ0n) is 14.5. The molecule has 1 heterocycles. The number of hydrogen-bond acceptors (Lipinski definition) is 3. The van der Waals surface area contributed by atoms with Gasteiger partial charge in [0.25, 0.3) is 5.56 Å². The van der Waals surface area contributed by atoms with E-state index in [0.29, 0.717) is 10.7 Å². The Morgan fingerprint density at radius 2 is 1.85 bits per heavy atom. The third kappa shape index (κ3) is 4.18. The highest BCUT2D eigenvalue weighted by Gasteiger charge is 2.09. The molecule has 3 rings (SSSR count). The molecule has 3 aromatic rings. The summed E-state index contributed by atoms with van der Waals surface area (Å²) in [5.74, 6) is -0.278. The predicted octanol–water partition coefficient (Wildman–Crippen LogP) is 3.82. The van der Waals surface area contributed by atoms with E-state index in [4.69, 9.17) is 11.6 Å². The molecule has 1 aromatic heterocycles. The van der Waals surface area contributed by atoms with Crippen molar-refractivity contribution in [3.63, 3.8) is 0 Å². The second kappa shape index (κ2) is 7.54. The van der Waals surface area contributed by atoms with Gasteiger partial charge in [-0.1, -0.05) is 41.4 Å². The number of carbonyl (C=O) groups excluding carboxylic acids is 1. The highest BCUT2D eigenvalue weighted by molar-refractivity contribution is 6.30. The number of nitrogens with zero attached hydrogens (tertiary/aromatic N) is 2. The standard InChI is InChI=1S/C20H18ClN3O2/c1-13-3-8-17(14(2)9-13)23-19(25)11-24-12-22-18(10-20(24)26)15-4-6-16(21)7-5-15/h3-10,12H,11H2,1-2H3,(H,23,25). The number of amides is 1. The molecule has 132 valence electrons. The van der Waals surface area contributed by atoms with Crippen molar-refractivity contribution >= 4 is 23.2 Å². The van der Waals surface area contributed by atoms with Crippen LogP contribution in [-0.2, 0) is 11.3 Å². The number of carbonyl (C=O) groups is 1. The number of hydrogen-bond donors (Lipinski definition) is 1. The van der Waals surface area contributed by atoms with E-state index >= 15 is 0 Å². The number of anilines is 1. The van der Waals surface area contributed by atoms with Gasteiger partial charge in [-0.2, -0.15) is 0 Å². The number of halogens is 1. The van der Waals surface area contributed by atoms with Crippen LogP contribution >= 0.6 is 11.6 Å². The first-order chi connectivity index (χ1) is 12.4. The van der Waals surface area contributed by atoms with Crippen molar-refractivity contribution < 1.29 is 4.79 Å². The monoisotopic (exact) mass is 367 g/mol. The van der Waals surface area contributed by atoms with Crippen LogP contribution in [0, 0.1) is 13.8 Å². The van der Waals surface area contributed by atoms with Crippen molar-refractivity contribution in [1.29, 1.82) is 0 Å². The number of aromatic nitrogens is 2. The van der Waals surface area contributed by atoms with E-state index in [9.17, 15) is 9.59 Å². The van der Waals surface area contributed by atoms with Crippen molar-refractivity contribution in [3.8, 4) is 11.3 Å². The van der Waals surface area contributed by atoms with Gasteiger partial charge >= 0.3 is 0 Å². The molecular weight excluding hydrogens is 350 g/mol. The van der Waals surface area contributed by atoms with E-state index in [1.807, 2.05) is 32.0 Å². The first-order valence-corrected chi connectivity index (χ1v) is 8.50. The molecule has 6 heteroatoms. The molecule has 0 bridgehead atoms. The van der Waals surface area contributed by atoms with Gasteiger partial charge in [-0.3, -0.25) is 14.2 Å². The summed E-state index contributed by atoms with van der Waals surface area (Å²) in [6.07, 6.45) is 1.38. The van der Waals surface area contributed by atoms with Gasteiger partial charge in [0, 0.05) is 22.3 Å². The van der Waals surface area contributed by atoms with Crippen LogP contribution in [0.4, 0.5) is 5.69 Å². The molecule has 0 spiro atoms. The molecule has 0 fully saturated rings. The lowest BCUT2D eigenvalue weighted by atomic mass is 10.1. The molecule has 0 saturated carbocycles. The Hall–Kier alpha value is -2.92. The minimum atomic E-state index is -0.291. The summed E-state index contributed by atoms with van der Waals surface area (Å²) in [4.78, 5) is 28.8. The smallest absolute Gasteiger partial charge is 0.254 e. The fraction of sp³-hybridized carbons (Fsp3) is 0.150. The second-order valence-electron chi connectivity index (χ2n) is 6.11. The van der Waals surface area contributed by atoms with Gasteiger partial charge in [0.2, 0.25) is 5.91 Å². The third-order valence-electron chi connectivity index (χ3n) is 3.99. The quantitative estimate of drug-likeness (QED) is 0.762. The SMILES string of the molecule is Cc1ccc(NC(=O)Cn2cnc(-c3ccc(Cl)cc3)cc2=O)c(C)c1. The first kappa shape index (κ1) is 17.9. The van der Waals surface area contributed by atoms with E-state index in [-0.39, 0.29) is 18.0 Å². The van der Waals surface area contributed by atoms with E-state index in [1.165, 1.54) is 17.0 Å². The second-order valence-corrected chi connectivity index (χ2v) is 6.55. The molecular formula is C20H18ClN3O2. The van der Waals surface area contributed by atoms with Crippen LogP contribution < -0.4 is 10.9 Å². The molecule has 0 aliphatic heterocycles. The Bertz CT molecular complexity index is 1010. The summed E-state index contributed by atoms with van der Waals surface area (Å²) >= 11 is 5.87. The van der Waals surface area contributed by atoms with Crippen LogP contribution in [0.25, 0.3) is 11.3 Å². The maximum Gasteiger partial charge on any atom is 0.254 e. The van der Waals surface area contributed by atoms with Gasteiger partial charge in [0.05, 0.1) is 12.0 Å². The maximum absolute atomic E-state index is 12.3. The van der Waals surface area contributed by atoms with Crippen molar-refractivity contribution in [2.24, 2.45) is 0 Å². The molecule has 1 amide bonds. The summed E-state index contributed by atoms with van der Waals surface area (Å²) in [7, 11) is 0. The van der Waals surface area contributed by atoms with Gasteiger partial charge in [-0.15, -0.1) is 0 Å². The van der Waals surface area contributed by atoms with Crippen LogP contribution in [0.3, 0.4) is 0 Å². The largest absolute Gasteiger partial charge is 0.324 e. The van der Waals surface area contributed by atoms with Crippen molar-refractivity contribution in [1.82, 2.24) is 9.55 Å². The highest BCUT2D eigenvalue weighted by atomic mass is 35.5. The summed E-state index contributed by atoms with van der Waals surface area (Å²) in [6, 6.07) is 14.2. The van der Waals surface area contributed by atoms with Crippen LogP contribution in [0.2, 0.25) is 5.02 Å². The predicted molar refractivity (Wildman–Crippen MR) is 103 cm³/mol. The van der Waals surface area contributed by atoms with E-state index in [2.05, 4.69) is 10.3 Å². The van der Waals surface area contributed by atoms with Gasteiger partial charge in [-0.05, 0) is 37.6 Å². The van der Waals surface area contributed by atoms with Gasteiger partial charge in [-0.25, -0.2) is 4.98 Å². The summed E-state index contributed by atoms with van der Waals surface area (Å²) in [5.41, 5.74) is 3.87. The maximum atomic E-state index is 12.3. The molecule has 2 aromatic carbocycles. The van der Waals surface area contributed by atoms with Crippen LogP contribution in [0.15, 0.2) is 59.7 Å². The Morgan fingerprint density at radius 3 is 2.50 bits per heavy atom. The number of aryl methyl sites for hydroxylation is 2. The van der Waals surface area contributed by atoms with Gasteiger partial charge < -0.3 is 5.32 Å². The molecule has 0 radical (unpaired) electrons. The molecule has 0 aliphatic carbocycles. The zero-order chi connectivity index (χ0) is 18.7. The fourth-order valence-electron chi connectivity index (χ4n) is 2.62. The average Bonchev–Trinajstić information content (AvgIpc) is 2.60. The lowest BCUT2D eigenvalue weighted by Gasteiger charge is -2.10. The Balaban J connectivity index is 1.74. The highest BCUT2D eigenvalue weighted by Crippen LogP contribution is 2.18. The summed E-state index contributed by atoms with van der Waals surface area (Å²) < 4.78 is 1.28. The molecule has 0 aliphatic rings. The van der Waals surface area contributed by atoms with Crippen LogP contribution in [0.1, 0.15) is 11.1 Å². The molecule has 5 nitrogen and oxygen atoms in total. The number of benzene rings is 2. The Kier molecular flexibility index (Phi) is 5.19. The van der Waals surface area contributed by atoms with Crippen molar-refractivity contribution in [2.45, 2.75) is 20.4 Å². The summed E-state index contributed by atoms with van der Waals surface area (Å²) in [6.45, 7) is 3.82.